The summed E-state index contributed by atoms with van der Waals surface area (Å²) in [4.78, 5) is 22.4. The van der Waals surface area contributed by atoms with Gasteiger partial charge in [-0.15, -0.1) is 0 Å². The van der Waals surface area contributed by atoms with Crippen LogP contribution in [-0.4, -0.2) is 87.0 Å². The summed E-state index contributed by atoms with van der Waals surface area (Å²) >= 11 is 5.91. The largest absolute Gasteiger partial charge is 0.472 e. The Balaban J connectivity index is 1.42. The second-order valence-corrected chi connectivity index (χ2v) is 15.3. The number of nitrogens with two attached hydrogens (primary N) is 1. The van der Waals surface area contributed by atoms with Gasteiger partial charge in [-0.2, -0.15) is 9.97 Å². The van der Waals surface area contributed by atoms with Gasteiger partial charge in [-0.3, -0.25) is 13.6 Å². The van der Waals surface area contributed by atoms with Crippen molar-refractivity contribution in [3.8, 4) is 0 Å². The summed E-state index contributed by atoms with van der Waals surface area (Å²) in [5, 5.41) is 10.4. The van der Waals surface area contributed by atoms with Gasteiger partial charge in [0.15, 0.2) is 23.9 Å². The summed E-state index contributed by atoms with van der Waals surface area (Å²) in [6, 6.07) is 0. The van der Waals surface area contributed by atoms with Crippen LogP contribution in [0.3, 0.4) is 0 Å². The number of hydrogen-bond donors (Lipinski definition) is 3. The lowest BCUT2D eigenvalue weighted by atomic mass is 10.1. The van der Waals surface area contributed by atoms with Crippen molar-refractivity contribution >= 4 is 36.4 Å². The summed E-state index contributed by atoms with van der Waals surface area (Å²) in [6.07, 6.45) is 16.0. The highest BCUT2D eigenvalue weighted by atomic mass is 35.5. The van der Waals surface area contributed by atoms with E-state index < -0.39 is 45.1 Å². The Morgan fingerprint density at radius 1 is 0.902 bits per heavy atom. The fourth-order valence-corrected chi connectivity index (χ4v) is 7.02. The normalized spacial score (nSPS) is 21.1. The molecule has 1 unspecified atom stereocenters. The number of aliphatic hydroxyl groups excluding tert-OH is 1. The lowest BCUT2D eigenvalue weighted by molar-refractivity contribution is -0.0569. The quantitative estimate of drug-likeness (QED) is 0.0395. The maximum atomic E-state index is 15.2. The number of aliphatic hydroxyl groups is 1. The molecule has 0 spiro atoms. The molecule has 1 aliphatic rings. The van der Waals surface area contributed by atoms with Crippen LogP contribution in [-0.2, 0) is 27.8 Å². The summed E-state index contributed by atoms with van der Waals surface area (Å²) < 4.78 is 57.2. The SMILES string of the molecule is CCCCCCCCCCCCOC[C@@H](COP(=O)(O)OC[C@H]1O[C@@H](n2cnc3c(N)nc(Cl)nc32)[C@@H](F)[C@@H]1O)OCCCCCCCCCC. The van der Waals surface area contributed by atoms with Crippen molar-refractivity contribution in [3.63, 3.8) is 0 Å². The number of ether oxygens (including phenoxy) is 3. The molecule has 0 bridgehead atoms. The second-order valence-electron chi connectivity index (χ2n) is 13.5. The third-order valence-corrected chi connectivity index (χ3v) is 10.2. The second kappa shape index (κ2) is 24.8. The molecular weight excluding hydrogens is 704 g/mol. The summed E-state index contributed by atoms with van der Waals surface area (Å²) in [5.74, 6) is 0.000228. The van der Waals surface area contributed by atoms with Gasteiger partial charge >= 0.3 is 7.82 Å². The maximum absolute atomic E-state index is 15.2. The van der Waals surface area contributed by atoms with E-state index in [2.05, 4.69) is 28.8 Å². The van der Waals surface area contributed by atoms with Crippen molar-refractivity contribution in [1.29, 1.82) is 0 Å². The van der Waals surface area contributed by atoms with Crippen molar-refractivity contribution in [2.45, 2.75) is 160 Å². The van der Waals surface area contributed by atoms with Gasteiger partial charge in [0.1, 0.15) is 23.8 Å². The van der Waals surface area contributed by atoms with Gasteiger partial charge in [0.25, 0.3) is 0 Å². The first-order valence-corrected chi connectivity index (χ1v) is 21.0. The predicted octanol–water partition coefficient (Wildman–Crippen LogP) is 8.26. The van der Waals surface area contributed by atoms with Gasteiger partial charge < -0.3 is 29.9 Å². The van der Waals surface area contributed by atoms with Gasteiger partial charge in [-0.1, -0.05) is 117 Å². The van der Waals surface area contributed by atoms with Crippen LogP contribution in [0.5, 0.6) is 0 Å². The molecule has 1 fully saturated rings. The first kappa shape index (κ1) is 43.9. The van der Waals surface area contributed by atoms with E-state index in [0.29, 0.717) is 13.2 Å². The molecule has 6 atom stereocenters. The summed E-state index contributed by atoms with van der Waals surface area (Å²) in [7, 11) is -4.63. The first-order valence-electron chi connectivity index (χ1n) is 19.1. The van der Waals surface area contributed by atoms with E-state index in [-0.39, 0.29) is 35.5 Å². The molecule has 0 amide bonds. The molecule has 16 heteroatoms. The van der Waals surface area contributed by atoms with Crippen molar-refractivity contribution in [1.82, 2.24) is 19.5 Å². The van der Waals surface area contributed by atoms with Gasteiger partial charge in [0.05, 0.1) is 26.1 Å². The smallest absolute Gasteiger partial charge is 0.387 e. The minimum Gasteiger partial charge on any atom is -0.387 e. The van der Waals surface area contributed by atoms with E-state index in [1.165, 1.54) is 94.4 Å². The molecule has 294 valence electrons. The fraction of sp³-hybridized carbons (Fsp3) is 0.857. The van der Waals surface area contributed by atoms with Crippen LogP contribution in [0.1, 0.15) is 136 Å². The number of halogens is 2. The minimum absolute atomic E-state index is 0.000228. The van der Waals surface area contributed by atoms with Crippen LogP contribution in [0.15, 0.2) is 6.33 Å². The summed E-state index contributed by atoms with van der Waals surface area (Å²) in [6.45, 7) is 4.84. The number of phosphoric ester groups is 1. The van der Waals surface area contributed by atoms with Crippen LogP contribution in [0, 0.1) is 0 Å². The van der Waals surface area contributed by atoms with Gasteiger partial charge in [0.2, 0.25) is 5.28 Å². The summed E-state index contributed by atoms with van der Waals surface area (Å²) in [5.41, 5.74) is 6.13. The van der Waals surface area contributed by atoms with E-state index in [4.69, 9.17) is 40.6 Å². The molecule has 3 rings (SSSR count). The number of unbranched alkanes of at least 4 members (excludes halogenated alkanes) is 16. The number of imidazole rings is 1. The number of alkyl halides is 1. The van der Waals surface area contributed by atoms with E-state index in [1.807, 2.05) is 0 Å². The lowest BCUT2D eigenvalue weighted by Crippen LogP contribution is -2.31. The fourth-order valence-electron chi connectivity index (χ4n) is 6.08. The van der Waals surface area contributed by atoms with E-state index in [1.54, 1.807) is 0 Å². The zero-order chi connectivity index (χ0) is 36.9. The zero-order valence-electron chi connectivity index (χ0n) is 30.6. The molecule has 0 aromatic carbocycles. The van der Waals surface area contributed by atoms with Crippen molar-refractivity contribution in [2.75, 3.05) is 38.8 Å². The maximum Gasteiger partial charge on any atom is 0.472 e. The molecule has 13 nitrogen and oxygen atoms in total. The number of phosphoric acid groups is 1. The van der Waals surface area contributed by atoms with Crippen LogP contribution in [0.2, 0.25) is 5.28 Å². The average molecular weight is 766 g/mol. The molecule has 1 aliphatic heterocycles. The van der Waals surface area contributed by atoms with E-state index in [9.17, 15) is 14.6 Å². The number of rotatable bonds is 30. The number of nitrogen functional groups attached to an aromatic ring is 1. The number of hydrogen-bond acceptors (Lipinski definition) is 11. The third kappa shape index (κ3) is 16.2. The molecule has 0 saturated carbocycles. The van der Waals surface area contributed by atoms with E-state index >= 15 is 4.39 Å². The topological polar surface area (TPSA) is 173 Å². The molecule has 0 radical (unpaired) electrons. The first-order chi connectivity index (χ1) is 24.7. The average Bonchev–Trinajstić information content (AvgIpc) is 3.65. The molecule has 3 heterocycles. The number of aromatic nitrogens is 4. The number of anilines is 1. The Morgan fingerprint density at radius 3 is 2.08 bits per heavy atom. The third-order valence-electron chi connectivity index (χ3n) is 9.11. The molecule has 4 N–H and O–H groups in total. The molecular formula is C35H62ClFN5O8P. The molecule has 1 saturated heterocycles. The lowest BCUT2D eigenvalue weighted by Gasteiger charge is -2.21. The van der Waals surface area contributed by atoms with Crippen LogP contribution in [0.4, 0.5) is 10.2 Å². The Bertz CT molecular complexity index is 1280. The Labute approximate surface area is 308 Å². The van der Waals surface area contributed by atoms with Gasteiger partial charge in [-0.25, -0.2) is 13.9 Å². The van der Waals surface area contributed by atoms with Crippen molar-refractivity contribution < 1.29 is 42.2 Å². The Morgan fingerprint density at radius 2 is 1.47 bits per heavy atom. The Kier molecular flexibility index (Phi) is 21.3. The molecule has 0 aliphatic carbocycles. The highest BCUT2D eigenvalue weighted by molar-refractivity contribution is 7.47. The highest BCUT2D eigenvalue weighted by Gasteiger charge is 2.47. The van der Waals surface area contributed by atoms with Crippen molar-refractivity contribution in [2.24, 2.45) is 0 Å². The van der Waals surface area contributed by atoms with Crippen LogP contribution in [0.25, 0.3) is 11.2 Å². The molecule has 2 aromatic rings. The number of nitrogens with zero attached hydrogens (tertiary/aromatic N) is 4. The molecule has 2 aromatic heterocycles. The minimum atomic E-state index is -4.63. The monoisotopic (exact) mass is 765 g/mol. The standard InChI is InChI=1S/C35H62ClFN5O8P/c1-3-5-7-9-11-13-14-15-17-19-21-46-23-27(47-22-20-18-16-12-10-8-6-4-2)24-48-51(44,45)49-25-28-31(43)29(37)34(50-28)42-26-39-30-32(38)40-35(36)41-33(30)42/h26-29,31,34,43H,3-25H2,1-2H3,(H,44,45)(H2,38,40,41)/t27-,28+,29-,31+,34+/m0/s1. The van der Waals surface area contributed by atoms with E-state index in [0.717, 1.165) is 32.1 Å². The predicted molar refractivity (Wildman–Crippen MR) is 196 cm³/mol. The van der Waals surface area contributed by atoms with Gasteiger partial charge in [0, 0.05) is 13.2 Å². The highest BCUT2D eigenvalue weighted by Crippen LogP contribution is 2.45. The van der Waals surface area contributed by atoms with Crippen molar-refractivity contribution in [3.05, 3.63) is 11.6 Å². The molecule has 51 heavy (non-hydrogen) atoms. The van der Waals surface area contributed by atoms with Crippen LogP contribution >= 0.6 is 19.4 Å². The number of fused-ring (bicyclic) bond motifs is 1. The zero-order valence-corrected chi connectivity index (χ0v) is 32.3. The Hall–Kier alpha value is -1.48. The van der Waals surface area contributed by atoms with Crippen LogP contribution < -0.4 is 5.73 Å². The van der Waals surface area contributed by atoms with Gasteiger partial charge in [-0.05, 0) is 24.4 Å².